The Morgan fingerprint density at radius 2 is 1.72 bits per heavy atom. The van der Waals surface area contributed by atoms with Crippen LogP contribution in [0, 0.1) is 0 Å². The lowest BCUT2D eigenvalue weighted by Crippen LogP contribution is -2.28. The van der Waals surface area contributed by atoms with Crippen LogP contribution in [-0.2, 0) is 16.5 Å². The molecule has 1 aromatic carbocycles. The maximum atomic E-state index is 12.0. The van der Waals surface area contributed by atoms with Crippen LogP contribution in [0.15, 0.2) is 24.3 Å². The fourth-order valence-corrected chi connectivity index (χ4v) is 1.90. The van der Waals surface area contributed by atoms with Crippen molar-refractivity contribution in [2.24, 2.45) is 0 Å². The third kappa shape index (κ3) is 4.16. The Balaban J connectivity index is 2.76. The minimum Gasteiger partial charge on any atom is -0.376 e. The summed E-state index contributed by atoms with van der Waals surface area (Å²) in [6, 6.07) is 5.47. The van der Waals surface area contributed by atoms with E-state index in [4.69, 9.17) is 0 Å². The lowest BCUT2D eigenvalue weighted by atomic mass is 10.1. The summed E-state index contributed by atoms with van der Waals surface area (Å²) in [7, 11) is -5.59. The normalized spacial score (nSPS) is 12.4. The van der Waals surface area contributed by atoms with Crippen molar-refractivity contribution in [1.82, 2.24) is 0 Å². The van der Waals surface area contributed by atoms with E-state index in [1.165, 1.54) is 24.3 Å². The van der Waals surface area contributed by atoms with Crippen molar-refractivity contribution in [1.29, 1.82) is 0 Å². The van der Waals surface area contributed by atoms with Gasteiger partial charge in [0.2, 0.25) is 0 Å². The second kappa shape index (κ2) is 5.92. The molecule has 0 saturated heterocycles. The first kappa shape index (κ1) is 15.3. The highest BCUT2D eigenvalue weighted by molar-refractivity contribution is 9.09. The van der Waals surface area contributed by atoms with Gasteiger partial charge in [-0.1, -0.05) is 28.1 Å². The predicted molar refractivity (Wildman–Crippen MR) is 64.2 cm³/mol. The van der Waals surface area contributed by atoms with Crippen molar-refractivity contribution in [3.63, 3.8) is 0 Å². The molecule has 0 bridgehead atoms. The van der Waals surface area contributed by atoms with E-state index in [0.717, 1.165) is 23.7 Å². The van der Waals surface area contributed by atoms with E-state index >= 15 is 0 Å². The SMILES string of the molecule is O=S(=O)(Oc1ccc(CCCBr)cc1)C(F)(F)F. The molecule has 1 rings (SSSR count). The molecule has 0 spiro atoms. The zero-order chi connectivity index (χ0) is 13.8. The molecule has 0 saturated carbocycles. The van der Waals surface area contributed by atoms with Crippen molar-refractivity contribution in [2.75, 3.05) is 5.33 Å². The summed E-state index contributed by atoms with van der Waals surface area (Å²) in [6.07, 6.45) is 1.62. The Labute approximate surface area is 111 Å². The summed E-state index contributed by atoms with van der Waals surface area (Å²) in [5.41, 5.74) is -4.52. The van der Waals surface area contributed by atoms with Gasteiger partial charge in [-0.05, 0) is 30.5 Å². The van der Waals surface area contributed by atoms with Crippen molar-refractivity contribution in [3.8, 4) is 5.75 Å². The maximum Gasteiger partial charge on any atom is 0.534 e. The van der Waals surface area contributed by atoms with Gasteiger partial charge in [-0.15, -0.1) is 0 Å². The molecule has 0 amide bonds. The Morgan fingerprint density at radius 3 is 2.17 bits per heavy atom. The van der Waals surface area contributed by atoms with E-state index in [0.29, 0.717) is 0 Å². The molecule has 8 heteroatoms. The van der Waals surface area contributed by atoms with Gasteiger partial charge in [0.1, 0.15) is 5.75 Å². The minimum atomic E-state index is -5.59. The molecule has 102 valence electrons. The number of halogens is 4. The molecule has 0 N–H and O–H groups in total. The number of alkyl halides is 4. The average Bonchev–Trinajstić information content (AvgIpc) is 2.26. The van der Waals surface area contributed by atoms with E-state index in [9.17, 15) is 21.6 Å². The van der Waals surface area contributed by atoms with Crippen LogP contribution in [0.25, 0.3) is 0 Å². The number of hydrogen-bond donors (Lipinski definition) is 0. The van der Waals surface area contributed by atoms with Crippen LogP contribution in [-0.4, -0.2) is 19.3 Å². The quantitative estimate of drug-likeness (QED) is 0.467. The van der Waals surface area contributed by atoms with Crippen molar-refractivity contribution >= 4 is 26.0 Å². The number of hydrogen-bond acceptors (Lipinski definition) is 3. The monoisotopic (exact) mass is 346 g/mol. The first-order valence-electron chi connectivity index (χ1n) is 4.92. The summed E-state index contributed by atoms with van der Waals surface area (Å²) in [6.45, 7) is 0. The predicted octanol–water partition coefficient (Wildman–Crippen LogP) is 3.24. The highest BCUT2D eigenvalue weighted by Gasteiger charge is 2.48. The Hall–Kier alpha value is -0.760. The van der Waals surface area contributed by atoms with Crippen LogP contribution in [0.4, 0.5) is 13.2 Å². The third-order valence-corrected chi connectivity index (χ3v) is 3.55. The Morgan fingerprint density at radius 1 is 1.17 bits per heavy atom. The number of rotatable bonds is 5. The summed E-state index contributed by atoms with van der Waals surface area (Å²) in [4.78, 5) is 0. The van der Waals surface area contributed by atoms with Crippen LogP contribution in [0.2, 0.25) is 0 Å². The number of aryl methyl sites for hydroxylation is 1. The van der Waals surface area contributed by atoms with Crippen LogP contribution in [0.3, 0.4) is 0 Å². The van der Waals surface area contributed by atoms with E-state index in [1.807, 2.05) is 0 Å². The van der Waals surface area contributed by atoms with Crippen LogP contribution < -0.4 is 4.18 Å². The fourth-order valence-electron chi connectivity index (χ4n) is 1.16. The van der Waals surface area contributed by atoms with E-state index in [1.54, 1.807) is 0 Å². The molecule has 18 heavy (non-hydrogen) atoms. The van der Waals surface area contributed by atoms with Gasteiger partial charge in [0.05, 0.1) is 0 Å². The largest absolute Gasteiger partial charge is 0.534 e. The third-order valence-electron chi connectivity index (χ3n) is 2.01. The van der Waals surface area contributed by atoms with Crippen molar-refractivity contribution in [2.45, 2.75) is 18.3 Å². The highest BCUT2D eigenvalue weighted by Crippen LogP contribution is 2.27. The fraction of sp³-hybridized carbons (Fsp3) is 0.400. The van der Waals surface area contributed by atoms with Gasteiger partial charge in [-0.25, -0.2) is 0 Å². The second-order valence-corrected chi connectivity index (χ2v) is 5.75. The van der Waals surface area contributed by atoms with Crippen LogP contribution >= 0.6 is 15.9 Å². The molecular weight excluding hydrogens is 337 g/mol. The molecule has 0 aromatic heterocycles. The molecule has 0 aliphatic rings. The Kier molecular flexibility index (Phi) is 5.03. The molecule has 3 nitrogen and oxygen atoms in total. The van der Waals surface area contributed by atoms with E-state index in [2.05, 4.69) is 20.1 Å². The molecule has 0 radical (unpaired) electrons. The molecule has 0 atom stereocenters. The Bertz CT molecular complexity index is 482. The van der Waals surface area contributed by atoms with Gasteiger partial charge in [-0.3, -0.25) is 0 Å². The van der Waals surface area contributed by atoms with Gasteiger partial charge >= 0.3 is 15.6 Å². The molecule has 0 aliphatic heterocycles. The average molecular weight is 347 g/mol. The summed E-state index contributed by atoms with van der Waals surface area (Å²) < 4.78 is 61.6. The molecule has 0 aliphatic carbocycles. The molecule has 1 aromatic rings. The van der Waals surface area contributed by atoms with Gasteiger partial charge in [-0.2, -0.15) is 21.6 Å². The van der Waals surface area contributed by atoms with Gasteiger partial charge in [0, 0.05) is 5.33 Å². The summed E-state index contributed by atoms with van der Waals surface area (Å²) in [5, 5.41) is 0.813. The van der Waals surface area contributed by atoms with Crippen LogP contribution in [0.1, 0.15) is 12.0 Å². The van der Waals surface area contributed by atoms with Crippen molar-refractivity contribution < 1.29 is 25.8 Å². The smallest absolute Gasteiger partial charge is 0.376 e. The zero-order valence-corrected chi connectivity index (χ0v) is 11.5. The van der Waals surface area contributed by atoms with Gasteiger partial charge in [0.15, 0.2) is 0 Å². The van der Waals surface area contributed by atoms with Gasteiger partial charge < -0.3 is 4.18 Å². The lowest BCUT2D eigenvalue weighted by molar-refractivity contribution is -0.0500. The first-order valence-corrected chi connectivity index (χ1v) is 7.45. The second-order valence-electron chi connectivity index (χ2n) is 3.42. The molecule has 0 unspecified atom stereocenters. The van der Waals surface area contributed by atoms with E-state index < -0.39 is 15.6 Å². The van der Waals surface area contributed by atoms with Crippen LogP contribution in [0.5, 0.6) is 5.75 Å². The minimum absolute atomic E-state index is 0.352. The summed E-state index contributed by atoms with van der Waals surface area (Å²) >= 11 is 3.25. The standard InChI is InChI=1S/C10H10BrF3O3S/c11-7-1-2-8-3-5-9(6-4-8)17-18(15,16)10(12,13)14/h3-6H,1-2,7H2. The molecule has 0 fully saturated rings. The highest BCUT2D eigenvalue weighted by atomic mass is 79.9. The first-order chi connectivity index (χ1) is 8.26. The number of benzene rings is 1. The molecule has 0 heterocycles. The van der Waals surface area contributed by atoms with Gasteiger partial charge in [0.25, 0.3) is 0 Å². The lowest BCUT2D eigenvalue weighted by Gasteiger charge is -2.09. The van der Waals surface area contributed by atoms with Crippen molar-refractivity contribution in [3.05, 3.63) is 29.8 Å². The summed E-state index contributed by atoms with van der Waals surface area (Å²) in [5.74, 6) is -0.352. The maximum absolute atomic E-state index is 12.0. The molecular formula is C10H10BrF3O3S. The zero-order valence-electron chi connectivity index (χ0n) is 9.08. The topological polar surface area (TPSA) is 43.4 Å². The van der Waals surface area contributed by atoms with E-state index in [-0.39, 0.29) is 5.75 Å².